The summed E-state index contributed by atoms with van der Waals surface area (Å²) in [5, 5.41) is 3.24. The van der Waals surface area contributed by atoms with Crippen LogP contribution in [0.2, 0.25) is 0 Å². The number of hydrogen-bond donors (Lipinski definition) is 1. The Bertz CT molecular complexity index is 1010. The molecule has 1 N–H and O–H groups in total. The van der Waals surface area contributed by atoms with Crippen LogP contribution in [-0.4, -0.2) is 37.1 Å². The van der Waals surface area contributed by atoms with E-state index in [2.05, 4.69) is 15.3 Å². The molecule has 2 aromatic heterocycles. The first kappa shape index (κ1) is 17.4. The Hall–Kier alpha value is -3.42. The molecule has 26 heavy (non-hydrogen) atoms. The highest BCUT2D eigenvalue weighted by molar-refractivity contribution is 5.97. The molecular formula is C18H18N4O4. The fourth-order valence-corrected chi connectivity index (χ4v) is 2.41. The summed E-state index contributed by atoms with van der Waals surface area (Å²) in [4.78, 5) is 34.8. The molecule has 0 aliphatic carbocycles. The zero-order chi connectivity index (χ0) is 18.7. The number of aromatic nitrogens is 2. The minimum Gasteiger partial charge on any atom is -0.493 e. The quantitative estimate of drug-likeness (QED) is 0.695. The van der Waals surface area contributed by atoms with Gasteiger partial charge < -0.3 is 19.4 Å². The summed E-state index contributed by atoms with van der Waals surface area (Å²) >= 11 is 0. The lowest BCUT2D eigenvalue weighted by atomic mass is 10.1. The Balaban J connectivity index is 1.83. The van der Waals surface area contributed by atoms with Crippen LogP contribution < -0.4 is 20.6 Å². The number of methoxy groups -OCH3 is 1. The second-order valence-corrected chi connectivity index (χ2v) is 5.73. The summed E-state index contributed by atoms with van der Waals surface area (Å²) in [6, 6.07) is 8.41. The van der Waals surface area contributed by atoms with Crippen molar-refractivity contribution in [2.24, 2.45) is 0 Å². The topological polar surface area (TPSA) is 97.6 Å². The van der Waals surface area contributed by atoms with E-state index in [1.807, 2.05) is 19.0 Å². The first-order chi connectivity index (χ1) is 12.5. The number of benzene rings is 1. The summed E-state index contributed by atoms with van der Waals surface area (Å²) < 4.78 is 10.4. The number of anilines is 1. The third-order valence-electron chi connectivity index (χ3n) is 3.74. The number of amides is 1. The Morgan fingerprint density at radius 2 is 2.12 bits per heavy atom. The molecule has 1 amide bonds. The Morgan fingerprint density at radius 3 is 2.85 bits per heavy atom. The number of carbonyl (C=O) groups is 1. The monoisotopic (exact) mass is 354 g/mol. The second-order valence-electron chi connectivity index (χ2n) is 5.73. The molecule has 134 valence electrons. The molecule has 0 saturated heterocycles. The number of fused-ring (bicyclic) bond motifs is 1. The first-order valence-electron chi connectivity index (χ1n) is 7.88. The van der Waals surface area contributed by atoms with Gasteiger partial charge in [-0.1, -0.05) is 12.1 Å². The number of nitrogens with zero attached hydrogens (tertiary/aromatic N) is 3. The van der Waals surface area contributed by atoms with Crippen molar-refractivity contribution in [2.75, 3.05) is 26.1 Å². The van der Waals surface area contributed by atoms with Crippen molar-refractivity contribution < 1.29 is 13.9 Å². The molecule has 0 aliphatic heterocycles. The van der Waals surface area contributed by atoms with E-state index in [1.54, 1.807) is 30.5 Å². The van der Waals surface area contributed by atoms with E-state index >= 15 is 0 Å². The molecule has 1 aromatic carbocycles. The number of ether oxygens (including phenoxy) is 1. The smallest absolute Gasteiger partial charge is 0.349 e. The molecule has 0 spiro atoms. The van der Waals surface area contributed by atoms with Gasteiger partial charge in [-0.05, 0) is 18.2 Å². The van der Waals surface area contributed by atoms with Crippen LogP contribution in [0.5, 0.6) is 5.75 Å². The van der Waals surface area contributed by atoms with Gasteiger partial charge in [-0.2, -0.15) is 0 Å². The lowest BCUT2D eigenvalue weighted by Gasteiger charge is -2.11. The van der Waals surface area contributed by atoms with Crippen LogP contribution in [0, 0.1) is 0 Å². The van der Waals surface area contributed by atoms with Crippen LogP contribution >= 0.6 is 0 Å². The van der Waals surface area contributed by atoms with E-state index in [-0.39, 0.29) is 12.1 Å². The molecule has 0 fully saturated rings. The van der Waals surface area contributed by atoms with Crippen molar-refractivity contribution in [2.45, 2.75) is 6.54 Å². The molecule has 0 atom stereocenters. The summed E-state index contributed by atoms with van der Waals surface area (Å²) in [7, 11) is 5.20. The highest BCUT2D eigenvalue weighted by atomic mass is 16.5. The summed E-state index contributed by atoms with van der Waals surface area (Å²) in [5.74, 6) is 1.04. The Morgan fingerprint density at radius 1 is 1.31 bits per heavy atom. The van der Waals surface area contributed by atoms with Gasteiger partial charge in [0.25, 0.3) is 5.91 Å². The molecule has 3 aromatic rings. The Kier molecular flexibility index (Phi) is 4.83. The van der Waals surface area contributed by atoms with E-state index in [9.17, 15) is 9.59 Å². The SMILES string of the molecule is COc1cccc2cc(C(=O)NCc3nccc(N(C)C)n3)c(=O)oc12. The molecule has 0 bridgehead atoms. The van der Waals surface area contributed by atoms with Crippen LogP contribution in [0.3, 0.4) is 0 Å². The van der Waals surface area contributed by atoms with E-state index in [0.717, 1.165) is 5.82 Å². The van der Waals surface area contributed by atoms with Crippen molar-refractivity contribution in [1.29, 1.82) is 0 Å². The van der Waals surface area contributed by atoms with Gasteiger partial charge in [-0.3, -0.25) is 4.79 Å². The lowest BCUT2D eigenvalue weighted by molar-refractivity contribution is 0.0946. The molecule has 0 unspecified atom stereocenters. The van der Waals surface area contributed by atoms with E-state index < -0.39 is 11.5 Å². The molecule has 2 heterocycles. The van der Waals surface area contributed by atoms with Gasteiger partial charge in [0, 0.05) is 25.7 Å². The van der Waals surface area contributed by atoms with Gasteiger partial charge in [0.15, 0.2) is 11.3 Å². The molecule has 0 radical (unpaired) electrons. The minimum absolute atomic E-state index is 0.0884. The zero-order valence-corrected chi connectivity index (χ0v) is 14.6. The molecule has 0 aliphatic rings. The summed E-state index contributed by atoms with van der Waals surface area (Å²) in [6.45, 7) is 0.0934. The van der Waals surface area contributed by atoms with Crippen LogP contribution in [0.15, 0.2) is 45.7 Å². The maximum atomic E-state index is 12.4. The van der Waals surface area contributed by atoms with E-state index in [0.29, 0.717) is 22.5 Å². The van der Waals surface area contributed by atoms with Crippen molar-refractivity contribution in [1.82, 2.24) is 15.3 Å². The van der Waals surface area contributed by atoms with Crippen LogP contribution in [0.25, 0.3) is 11.0 Å². The van der Waals surface area contributed by atoms with Crippen molar-refractivity contribution in [3.8, 4) is 5.75 Å². The maximum Gasteiger partial charge on any atom is 0.349 e. The standard InChI is InChI=1S/C18H18N4O4/c1-22(2)15-7-8-19-14(21-15)10-20-17(23)12-9-11-5-4-6-13(25-3)16(11)26-18(12)24/h4-9H,10H2,1-3H3,(H,20,23). The van der Waals surface area contributed by atoms with Gasteiger partial charge in [-0.15, -0.1) is 0 Å². The first-order valence-corrected chi connectivity index (χ1v) is 7.88. The molecule has 8 nitrogen and oxygen atoms in total. The van der Waals surface area contributed by atoms with E-state index in [4.69, 9.17) is 9.15 Å². The van der Waals surface area contributed by atoms with Gasteiger partial charge in [0.2, 0.25) is 0 Å². The van der Waals surface area contributed by atoms with Crippen molar-refractivity contribution >= 4 is 22.7 Å². The molecule has 3 rings (SSSR count). The number of rotatable bonds is 5. The zero-order valence-electron chi connectivity index (χ0n) is 14.6. The predicted octanol–water partition coefficient (Wildman–Crippen LogP) is 1.59. The van der Waals surface area contributed by atoms with Crippen molar-refractivity contribution in [3.63, 3.8) is 0 Å². The second kappa shape index (κ2) is 7.22. The third kappa shape index (κ3) is 3.49. The third-order valence-corrected chi connectivity index (χ3v) is 3.74. The van der Waals surface area contributed by atoms with Gasteiger partial charge >= 0.3 is 5.63 Å². The number of carbonyl (C=O) groups excluding carboxylic acids is 1. The lowest BCUT2D eigenvalue weighted by Crippen LogP contribution is -2.28. The van der Waals surface area contributed by atoms with Crippen molar-refractivity contribution in [3.05, 3.63) is 58.3 Å². The molecule has 0 saturated carbocycles. The summed E-state index contributed by atoms with van der Waals surface area (Å²) in [5.41, 5.74) is -0.518. The maximum absolute atomic E-state index is 12.4. The summed E-state index contributed by atoms with van der Waals surface area (Å²) in [6.07, 6.45) is 1.61. The fraction of sp³-hybridized carbons (Fsp3) is 0.222. The number of nitrogens with one attached hydrogen (secondary N) is 1. The highest BCUT2D eigenvalue weighted by Gasteiger charge is 2.15. The number of hydrogen-bond acceptors (Lipinski definition) is 7. The largest absolute Gasteiger partial charge is 0.493 e. The van der Waals surface area contributed by atoms with Gasteiger partial charge in [-0.25, -0.2) is 14.8 Å². The van der Waals surface area contributed by atoms with Crippen LogP contribution in [0.1, 0.15) is 16.2 Å². The Labute approximate surface area is 149 Å². The predicted molar refractivity (Wildman–Crippen MR) is 96.6 cm³/mol. The average Bonchev–Trinajstić information content (AvgIpc) is 2.65. The minimum atomic E-state index is -0.734. The van der Waals surface area contributed by atoms with Gasteiger partial charge in [0.05, 0.1) is 13.7 Å². The fourth-order valence-electron chi connectivity index (χ4n) is 2.41. The number of para-hydroxylation sites is 1. The van der Waals surface area contributed by atoms with Crippen LogP contribution in [-0.2, 0) is 6.54 Å². The van der Waals surface area contributed by atoms with Crippen LogP contribution in [0.4, 0.5) is 5.82 Å². The van der Waals surface area contributed by atoms with E-state index in [1.165, 1.54) is 13.2 Å². The molecule has 8 heteroatoms. The highest BCUT2D eigenvalue weighted by Crippen LogP contribution is 2.24. The average molecular weight is 354 g/mol. The molecular weight excluding hydrogens is 336 g/mol. The van der Waals surface area contributed by atoms with Gasteiger partial charge in [0.1, 0.15) is 17.2 Å². The normalized spacial score (nSPS) is 10.6.